The van der Waals surface area contributed by atoms with Crippen LogP contribution in [0.5, 0.6) is 11.6 Å². The van der Waals surface area contributed by atoms with Crippen LogP contribution in [0.15, 0.2) is 24.5 Å². The van der Waals surface area contributed by atoms with Crippen LogP contribution in [0.1, 0.15) is 5.56 Å². The highest BCUT2D eigenvalue weighted by Crippen LogP contribution is 2.33. The van der Waals surface area contributed by atoms with Gasteiger partial charge in [-0.15, -0.1) is 0 Å². The van der Waals surface area contributed by atoms with Crippen molar-refractivity contribution in [2.24, 2.45) is 0 Å². The third kappa shape index (κ3) is 2.30. The van der Waals surface area contributed by atoms with Crippen molar-refractivity contribution < 1.29 is 14.1 Å². The predicted molar refractivity (Wildman–Crippen MR) is 64.3 cm³/mol. The molecule has 0 amide bonds. The maximum Gasteiger partial charge on any atom is 0.372 e. The van der Waals surface area contributed by atoms with Gasteiger partial charge in [-0.1, -0.05) is 6.07 Å². The molecule has 20 heavy (non-hydrogen) atoms. The number of anilines is 1. The third-order valence-corrected chi connectivity index (χ3v) is 2.29. The Bertz CT molecular complexity index is 728. The van der Waals surface area contributed by atoms with E-state index in [-0.39, 0.29) is 11.3 Å². The number of ether oxygens (including phenoxy) is 1. The molecule has 0 aliphatic heterocycles. The van der Waals surface area contributed by atoms with Crippen LogP contribution in [0, 0.1) is 27.3 Å². The highest BCUT2D eigenvalue weighted by Gasteiger charge is 2.24. The predicted octanol–water partition coefficient (Wildman–Crippen LogP) is 1.77. The number of hydrogen-bond acceptors (Lipinski definition) is 7. The number of nitrogen functional groups attached to an aromatic ring is 1. The van der Waals surface area contributed by atoms with Crippen LogP contribution >= 0.6 is 0 Å². The second kappa shape index (κ2) is 5.15. The second-order valence-electron chi connectivity index (χ2n) is 3.50. The number of nitro groups is 1. The van der Waals surface area contributed by atoms with E-state index in [1.165, 1.54) is 12.1 Å². The van der Waals surface area contributed by atoms with Crippen molar-refractivity contribution in [1.29, 1.82) is 5.26 Å². The van der Waals surface area contributed by atoms with Gasteiger partial charge in [-0.3, -0.25) is 10.1 Å². The van der Waals surface area contributed by atoms with Crippen molar-refractivity contribution >= 4 is 11.5 Å². The van der Waals surface area contributed by atoms with Crippen LogP contribution in [0.3, 0.4) is 0 Å². The van der Waals surface area contributed by atoms with E-state index < -0.39 is 28.1 Å². The van der Waals surface area contributed by atoms with E-state index in [1.807, 2.05) is 0 Å². The summed E-state index contributed by atoms with van der Waals surface area (Å²) in [5.41, 5.74) is 4.32. The average molecular weight is 275 g/mol. The minimum Gasteiger partial charge on any atom is -0.432 e. The largest absolute Gasteiger partial charge is 0.432 e. The summed E-state index contributed by atoms with van der Waals surface area (Å²) in [7, 11) is 0. The molecule has 2 aromatic rings. The van der Waals surface area contributed by atoms with Crippen molar-refractivity contribution in [3.05, 3.63) is 46.0 Å². The Labute approximate surface area is 111 Å². The lowest BCUT2D eigenvalue weighted by molar-refractivity contribution is -0.385. The molecule has 0 aliphatic carbocycles. The molecule has 0 saturated heterocycles. The number of hydrogen-bond donors (Lipinski definition) is 1. The van der Waals surface area contributed by atoms with E-state index in [1.54, 1.807) is 6.07 Å². The maximum atomic E-state index is 13.4. The van der Waals surface area contributed by atoms with Crippen LogP contribution in [0.4, 0.5) is 15.9 Å². The molecule has 0 radical (unpaired) electrons. The van der Waals surface area contributed by atoms with Gasteiger partial charge in [-0.25, -0.2) is 9.37 Å². The molecular formula is C11H6FN5O3. The summed E-state index contributed by atoms with van der Waals surface area (Å²) in [6.07, 6.45) is 0.961. The lowest BCUT2D eigenvalue weighted by Crippen LogP contribution is -2.03. The van der Waals surface area contributed by atoms with Crippen LogP contribution in [0.25, 0.3) is 0 Å². The first-order valence-electron chi connectivity index (χ1n) is 5.16. The molecule has 8 nitrogen and oxygen atoms in total. The number of halogens is 1. The Morgan fingerprint density at radius 3 is 2.85 bits per heavy atom. The van der Waals surface area contributed by atoms with E-state index in [4.69, 9.17) is 15.7 Å². The number of nitrogens with zero attached hydrogens (tertiary/aromatic N) is 4. The molecule has 100 valence electrons. The first kappa shape index (κ1) is 13.2. The van der Waals surface area contributed by atoms with Crippen molar-refractivity contribution in [3.8, 4) is 17.7 Å². The summed E-state index contributed by atoms with van der Waals surface area (Å²) >= 11 is 0. The quantitative estimate of drug-likeness (QED) is 0.667. The van der Waals surface area contributed by atoms with Crippen molar-refractivity contribution in [3.63, 3.8) is 0 Å². The van der Waals surface area contributed by atoms with E-state index in [0.29, 0.717) is 0 Å². The number of nitrogens with two attached hydrogens (primary N) is 1. The Balaban J connectivity index is 2.52. The van der Waals surface area contributed by atoms with E-state index in [9.17, 15) is 14.5 Å². The summed E-state index contributed by atoms with van der Waals surface area (Å²) in [6, 6.07) is 5.24. The van der Waals surface area contributed by atoms with Crippen LogP contribution in [0.2, 0.25) is 0 Å². The summed E-state index contributed by atoms with van der Waals surface area (Å²) in [4.78, 5) is 17.1. The molecule has 0 bridgehead atoms. The van der Waals surface area contributed by atoms with Gasteiger partial charge in [-0.05, 0) is 12.1 Å². The van der Waals surface area contributed by atoms with Crippen LogP contribution < -0.4 is 10.5 Å². The van der Waals surface area contributed by atoms with Gasteiger partial charge < -0.3 is 10.5 Å². The van der Waals surface area contributed by atoms with Gasteiger partial charge in [0.05, 0.1) is 4.92 Å². The van der Waals surface area contributed by atoms with Gasteiger partial charge >= 0.3 is 11.6 Å². The van der Waals surface area contributed by atoms with Gasteiger partial charge in [0.15, 0.2) is 5.75 Å². The third-order valence-electron chi connectivity index (χ3n) is 2.29. The molecule has 0 saturated carbocycles. The van der Waals surface area contributed by atoms with Gasteiger partial charge in [0.2, 0.25) is 5.82 Å². The smallest absolute Gasteiger partial charge is 0.372 e. The van der Waals surface area contributed by atoms with Crippen LogP contribution in [-0.2, 0) is 0 Å². The summed E-state index contributed by atoms with van der Waals surface area (Å²) in [6.45, 7) is 0. The second-order valence-corrected chi connectivity index (χ2v) is 3.50. The number of benzene rings is 1. The molecule has 2 N–H and O–H groups in total. The van der Waals surface area contributed by atoms with Crippen molar-refractivity contribution in [2.45, 2.75) is 0 Å². The van der Waals surface area contributed by atoms with Crippen LogP contribution in [-0.4, -0.2) is 14.9 Å². The zero-order valence-corrected chi connectivity index (χ0v) is 9.78. The monoisotopic (exact) mass is 275 g/mol. The molecule has 1 heterocycles. The zero-order chi connectivity index (χ0) is 14.7. The van der Waals surface area contributed by atoms with Gasteiger partial charge in [0.1, 0.15) is 23.8 Å². The first-order valence-corrected chi connectivity index (χ1v) is 5.16. The highest BCUT2D eigenvalue weighted by atomic mass is 19.1. The van der Waals surface area contributed by atoms with Crippen molar-refractivity contribution in [1.82, 2.24) is 9.97 Å². The standard InChI is InChI=1S/C11H6FN5O3/c12-7-2-1-3-8(6(7)4-13)20-11-9(17(18)19)10(14)15-5-16-11/h1-3,5H,(H2,14,15,16). The number of nitriles is 1. The summed E-state index contributed by atoms with van der Waals surface area (Å²) < 4.78 is 18.5. The molecule has 1 aromatic carbocycles. The Morgan fingerprint density at radius 1 is 1.45 bits per heavy atom. The molecule has 0 aliphatic rings. The minimum absolute atomic E-state index is 0.200. The molecule has 0 fully saturated rings. The van der Waals surface area contributed by atoms with Gasteiger partial charge in [-0.2, -0.15) is 10.2 Å². The molecule has 1 aromatic heterocycles. The van der Waals surface area contributed by atoms with Crippen molar-refractivity contribution in [2.75, 3.05) is 5.73 Å². The van der Waals surface area contributed by atoms with E-state index >= 15 is 0 Å². The number of aromatic nitrogens is 2. The SMILES string of the molecule is N#Cc1c(F)cccc1Oc1ncnc(N)c1[N+](=O)[O-]. The lowest BCUT2D eigenvalue weighted by atomic mass is 10.2. The first-order chi connectivity index (χ1) is 9.54. The topological polar surface area (TPSA) is 128 Å². The summed E-state index contributed by atoms with van der Waals surface area (Å²) in [5.74, 6) is -1.87. The molecule has 0 atom stereocenters. The molecular weight excluding hydrogens is 269 g/mol. The Kier molecular flexibility index (Phi) is 3.39. The lowest BCUT2D eigenvalue weighted by Gasteiger charge is -2.07. The highest BCUT2D eigenvalue weighted by molar-refractivity contribution is 5.59. The maximum absolute atomic E-state index is 13.4. The van der Waals surface area contributed by atoms with Gasteiger partial charge in [0, 0.05) is 0 Å². The summed E-state index contributed by atoms with van der Waals surface area (Å²) in [5, 5.41) is 19.7. The Morgan fingerprint density at radius 2 is 2.20 bits per heavy atom. The molecule has 9 heteroatoms. The fraction of sp³-hybridized carbons (Fsp3) is 0. The average Bonchev–Trinajstić information content (AvgIpc) is 2.38. The van der Waals surface area contributed by atoms with Gasteiger partial charge in [0.25, 0.3) is 0 Å². The molecule has 2 rings (SSSR count). The number of rotatable bonds is 3. The van der Waals surface area contributed by atoms with E-state index in [0.717, 1.165) is 12.4 Å². The minimum atomic E-state index is -0.823. The Hall–Kier alpha value is -3.28. The fourth-order valence-corrected chi connectivity index (χ4v) is 1.42. The van der Waals surface area contributed by atoms with E-state index in [2.05, 4.69) is 9.97 Å². The fourth-order valence-electron chi connectivity index (χ4n) is 1.42. The normalized spacial score (nSPS) is 9.80. The molecule has 0 spiro atoms. The molecule has 0 unspecified atom stereocenters. The zero-order valence-electron chi connectivity index (χ0n) is 9.78.